The van der Waals surface area contributed by atoms with Gasteiger partial charge in [0.25, 0.3) is 5.91 Å². The molecule has 3 heterocycles. The van der Waals surface area contributed by atoms with Crippen molar-refractivity contribution in [3.05, 3.63) is 102 Å². The van der Waals surface area contributed by atoms with Crippen molar-refractivity contribution < 1.29 is 23.1 Å². The summed E-state index contributed by atoms with van der Waals surface area (Å²) < 4.78 is 22.0. The van der Waals surface area contributed by atoms with E-state index in [2.05, 4.69) is 38.5 Å². The number of ether oxygens (including phenoxy) is 2. The number of oxazole rings is 1. The van der Waals surface area contributed by atoms with Gasteiger partial charge in [0.15, 0.2) is 5.69 Å². The molecule has 0 radical (unpaired) electrons. The van der Waals surface area contributed by atoms with Crippen LogP contribution >= 0.6 is 0 Å². The minimum Gasteiger partial charge on any atom is -0.497 e. The van der Waals surface area contributed by atoms with Gasteiger partial charge in [-0.15, -0.1) is 0 Å². The standard InChI is InChI=1S/C29H30N4O5/c1-35-22-9-10-27(36-2)21(14-22)17-33(12-11-20-15-30-25-8-4-3-7-24(20)25)18-28-32-26(19-38-28)29(34)31-16-23-6-5-13-37-23/h3-10,13-15,19,30H,11-12,16-18H2,1-2H3,(H,31,34). The summed E-state index contributed by atoms with van der Waals surface area (Å²) >= 11 is 0. The van der Waals surface area contributed by atoms with E-state index in [4.69, 9.17) is 18.3 Å². The summed E-state index contributed by atoms with van der Waals surface area (Å²) in [4.78, 5) is 22.6. The summed E-state index contributed by atoms with van der Waals surface area (Å²) in [5.74, 6) is 2.32. The first kappa shape index (κ1) is 25.2. The van der Waals surface area contributed by atoms with Crippen LogP contribution in [0.5, 0.6) is 11.5 Å². The lowest BCUT2D eigenvalue weighted by atomic mass is 10.1. The lowest BCUT2D eigenvalue weighted by Crippen LogP contribution is -2.26. The molecule has 38 heavy (non-hydrogen) atoms. The number of methoxy groups -OCH3 is 2. The monoisotopic (exact) mass is 514 g/mol. The zero-order valence-electron chi connectivity index (χ0n) is 21.4. The highest BCUT2D eigenvalue weighted by molar-refractivity contribution is 5.91. The van der Waals surface area contributed by atoms with Crippen LogP contribution < -0.4 is 14.8 Å². The molecule has 9 heteroatoms. The van der Waals surface area contributed by atoms with Crippen LogP contribution in [0.2, 0.25) is 0 Å². The second kappa shape index (κ2) is 11.7. The summed E-state index contributed by atoms with van der Waals surface area (Å²) in [5.41, 5.74) is 3.55. The maximum absolute atomic E-state index is 12.6. The highest BCUT2D eigenvalue weighted by atomic mass is 16.5. The van der Waals surface area contributed by atoms with Crippen molar-refractivity contribution in [2.75, 3.05) is 20.8 Å². The summed E-state index contributed by atoms with van der Waals surface area (Å²) in [6.07, 6.45) is 5.82. The summed E-state index contributed by atoms with van der Waals surface area (Å²) in [6.45, 7) is 1.99. The minimum absolute atomic E-state index is 0.224. The predicted octanol–water partition coefficient (Wildman–Crippen LogP) is 4.94. The first-order valence-corrected chi connectivity index (χ1v) is 12.4. The number of aromatic nitrogens is 2. The fourth-order valence-corrected chi connectivity index (χ4v) is 4.43. The van der Waals surface area contributed by atoms with Crippen molar-refractivity contribution in [3.63, 3.8) is 0 Å². The van der Waals surface area contributed by atoms with Gasteiger partial charge in [-0.25, -0.2) is 4.98 Å². The number of nitrogens with zero attached hydrogens (tertiary/aromatic N) is 2. The largest absolute Gasteiger partial charge is 0.497 e. The molecule has 0 saturated heterocycles. The van der Waals surface area contributed by atoms with Crippen LogP contribution in [0.15, 0.2) is 82.2 Å². The normalized spacial score (nSPS) is 11.2. The molecule has 2 aromatic carbocycles. The van der Waals surface area contributed by atoms with E-state index >= 15 is 0 Å². The molecule has 0 fully saturated rings. The molecule has 5 rings (SSSR count). The molecule has 3 aromatic heterocycles. The van der Waals surface area contributed by atoms with Crippen LogP contribution in [0.1, 0.15) is 33.3 Å². The summed E-state index contributed by atoms with van der Waals surface area (Å²) in [6, 6.07) is 17.6. The Morgan fingerprint density at radius 2 is 1.92 bits per heavy atom. The van der Waals surface area contributed by atoms with E-state index in [1.54, 1.807) is 32.6 Å². The van der Waals surface area contributed by atoms with Crippen LogP contribution in [0, 0.1) is 0 Å². The molecule has 9 nitrogen and oxygen atoms in total. The Balaban J connectivity index is 1.32. The van der Waals surface area contributed by atoms with Gasteiger partial charge in [0.05, 0.1) is 33.6 Å². The van der Waals surface area contributed by atoms with Crippen LogP contribution in [0.3, 0.4) is 0 Å². The van der Waals surface area contributed by atoms with Crippen LogP contribution in [0.25, 0.3) is 10.9 Å². The Labute approximate surface area is 220 Å². The van der Waals surface area contributed by atoms with Crippen molar-refractivity contribution >= 4 is 16.8 Å². The van der Waals surface area contributed by atoms with Gasteiger partial charge in [-0.05, 0) is 48.4 Å². The predicted molar refractivity (Wildman–Crippen MR) is 142 cm³/mol. The Hall–Kier alpha value is -4.50. The zero-order valence-corrected chi connectivity index (χ0v) is 21.4. The average Bonchev–Trinajstić information content (AvgIpc) is 3.72. The molecule has 0 aliphatic heterocycles. The number of para-hydroxylation sites is 1. The van der Waals surface area contributed by atoms with Crippen LogP contribution in [-0.4, -0.2) is 41.5 Å². The molecule has 5 aromatic rings. The number of H-pyrrole nitrogens is 1. The van der Waals surface area contributed by atoms with Gasteiger partial charge in [-0.1, -0.05) is 18.2 Å². The molecular weight excluding hydrogens is 484 g/mol. The fraction of sp³-hybridized carbons (Fsp3) is 0.241. The summed E-state index contributed by atoms with van der Waals surface area (Å²) in [5, 5.41) is 4.00. The van der Waals surface area contributed by atoms with Gasteiger partial charge in [-0.2, -0.15) is 0 Å². The number of amides is 1. The molecule has 0 bridgehead atoms. The molecular formula is C29H30N4O5. The number of rotatable bonds is 12. The van der Waals surface area contributed by atoms with Gasteiger partial charge in [0.2, 0.25) is 5.89 Å². The van der Waals surface area contributed by atoms with Gasteiger partial charge < -0.3 is 28.6 Å². The number of hydrogen-bond donors (Lipinski definition) is 2. The van der Waals surface area contributed by atoms with E-state index in [9.17, 15) is 4.79 Å². The van der Waals surface area contributed by atoms with E-state index in [1.165, 1.54) is 17.2 Å². The molecule has 1 amide bonds. The van der Waals surface area contributed by atoms with E-state index < -0.39 is 0 Å². The SMILES string of the molecule is COc1ccc(OC)c(CN(CCc2c[nH]c3ccccc23)Cc2nc(C(=O)NCc3ccco3)co2)c1. The second-order valence-corrected chi connectivity index (χ2v) is 8.89. The number of carbonyl (C=O) groups excluding carboxylic acids is 1. The van der Waals surface area contributed by atoms with E-state index in [-0.39, 0.29) is 18.1 Å². The number of benzene rings is 2. The smallest absolute Gasteiger partial charge is 0.273 e. The van der Waals surface area contributed by atoms with Crippen molar-refractivity contribution in [2.45, 2.75) is 26.1 Å². The third-order valence-corrected chi connectivity index (χ3v) is 6.40. The van der Waals surface area contributed by atoms with E-state index in [0.717, 1.165) is 35.5 Å². The van der Waals surface area contributed by atoms with Gasteiger partial charge in [0, 0.05) is 35.8 Å². The zero-order chi connectivity index (χ0) is 26.3. The number of aromatic amines is 1. The number of nitrogens with one attached hydrogen (secondary N) is 2. The molecule has 2 N–H and O–H groups in total. The molecule has 0 spiro atoms. The number of fused-ring (bicyclic) bond motifs is 1. The van der Waals surface area contributed by atoms with Crippen LogP contribution in [-0.2, 0) is 26.1 Å². The third-order valence-electron chi connectivity index (χ3n) is 6.40. The Kier molecular flexibility index (Phi) is 7.75. The third kappa shape index (κ3) is 5.90. The maximum atomic E-state index is 12.6. The maximum Gasteiger partial charge on any atom is 0.273 e. The molecule has 0 unspecified atom stereocenters. The minimum atomic E-state index is -0.323. The van der Waals surface area contributed by atoms with Crippen molar-refractivity contribution in [1.82, 2.24) is 20.2 Å². The molecule has 196 valence electrons. The number of hydrogen-bond acceptors (Lipinski definition) is 7. The quantitative estimate of drug-likeness (QED) is 0.243. The van der Waals surface area contributed by atoms with Gasteiger partial charge >= 0.3 is 0 Å². The number of carbonyl (C=O) groups is 1. The highest BCUT2D eigenvalue weighted by Gasteiger charge is 2.18. The molecule has 0 atom stereocenters. The van der Waals surface area contributed by atoms with Crippen molar-refractivity contribution in [3.8, 4) is 11.5 Å². The Morgan fingerprint density at radius 1 is 1.03 bits per heavy atom. The van der Waals surface area contributed by atoms with Crippen LogP contribution in [0.4, 0.5) is 0 Å². The summed E-state index contributed by atoms with van der Waals surface area (Å²) in [7, 11) is 3.30. The lowest BCUT2D eigenvalue weighted by molar-refractivity contribution is 0.0943. The van der Waals surface area contributed by atoms with Crippen molar-refractivity contribution in [2.24, 2.45) is 0 Å². The molecule has 0 saturated carbocycles. The van der Waals surface area contributed by atoms with E-state index in [0.29, 0.717) is 24.7 Å². The van der Waals surface area contributed by atoms with Gasteiger partial charge in [-0.3, -0.25) is 9.69 Å². The Bertz CT molecular complexity index is 1490. The Morgan fingerprint density at radius 3 is 2.74 bits per heavy atom. The topological polar surface area (TPSA) is 106 Å². The number of furan rings is 1. The first-order chi connectivity index (χ1) is 18.6. The lowest BCUT2D eigenvalue weighted by Gasteiger charge is -2.22. The molecule has 0 aliphatic carbocycles. The van der Waals surface area contributed by atoms with E-state index in [1.807, 2.05) is 30.3 Å². The molecule has 0 aliphatic rings. The fourth-order valence-electron chi connectivity index (χ4n) is 4.43. The first-order valence-electron chi connectivity index (χ1n) is 12.4. The van der Waals surface area contributed by atoms with Gasteiger partial charge in [0.1, 0.15) is 23.5 Å². The van der Waals surface area contributed by atoms with Crippen molar-refractivity contribution in [1.29, 1.82) is 0 Å². The highest BCUT2D eigenvalue weighted by Crippen LogP contribution is 2.26. The average molecular weight is 515 g/mol. The second-order valence-electron chi connectivity index (χ2n) is 8.89.